The summed E-state index contributed by atoms with van der Waals surface area (Å²) in [6.07, 6.45) is 3.43. The zero-order valence-corrected chi connectivity index (χ0v) is 7.58. The van der Waals surface area contributed by atoms with Gasteiger partial charge in [-0.1, -0.05) is 11.9 Å². The topological polar surface area (TPSA) is 15.3 Å². The Kier molecular flexibility index (Phi) is 3.52. The van der Waals surface area contributed by atoms with Crippen LogP contribution in [0.4, 0.5) is 0 Å². The van der Waals surface area contributed by atoms with Gasteiger partial charge in [-0.2, -0.15) is 0 Å². The molecule has 1 atom stereocenters. The van der Waals surface area contributed by atoms with Gasteiger partial charge in [0.05, 0.1) is 0 Å². The molecule has 0 aromatic carbocycles. The van der Waals surface area contributed by atoms with Gasteiger partial charge in [0.2, 0.25) is 0 Å². The molecule has 1 aliphatic rings. The van der Waals surface area contributed by atoms with E-state index >= 15 is 0 Å². The van der Waals surface area contributed by atoms with Crippen LogP contribution >= 0.6 is 11.9 Å². The van der Waals surface area contributed by atoms with Crippen molar-refractivity contribution in [2.75, 3.05) is 25.9 Å². The van der Waals surface area contributed by atoms with Crippen LogP contribution in [0.25, 0.3) is 0 Å². The van der Waals surface area contributed by atoms with Gasteiger partial charge in [0.1, 0.15) is 0 Å². The molecule has 0 amide bonds. The molecule has 60 valence electrons. The molecule has 0 saturated carbocycles. The monoisotopic (exact) mass is 160 g/mol. The Bertz CT molecular complexity index is 97.6. The average molecular weight is 160 g/mol. The fraction of sp³-hybridized carbons (Fsp3) is 1.00. The van der Waals surface area contributed by atoms with Crippen molar-refractivity contribution in [2.45, 2.75) is 19.4 Å². The molecule has 0 aliphatic carbocycles. The molecular weight excluding hydrogens is 144 g/mol. The van der Waals surface area contributed by atoms with E-state index in [1.807, 2.05) is 11.9 Å². The van der Waals surface area contributed by atoms with Gasteiger partial charge in [-0.25, -0.2) is 4.31 Å². The van der Waals surface area contributed by atoms with Crippen molar-refractivity contribution in [1.82, 2.24) is 9.62 Å². The molecule has 1 N–H and O–H groups in total. The molecule has 1 fully saturated rings. The minimum atomic E-state index is 0.706. The van der Waals surface area contributed by atoms with Crippen LogP contribution < -0.4 is 5.32 Å². The highest BCUT2D eigenvalue weighted by Gasteiger charge is 2.10. The number of nitrogens with one attached hydrogen (secondary N) is 1. The van der Waals surface area contributed by atoms with Crippen LogP contribution in [-0.4, -0.2) is 36.2 Å². The number of hydrogen-bond acceptors (Lipinski definition) is 3. The van der Waals surface area contributed by atoms with Crippen molar-refractivity contribution in [2.24, 2.45) is 0 Å². The van der Waals surface area contributed by atoms with Gasteiger partial charge >= 0.3 is 0 Å². The van der Waals surface area contributed by atoms with Gasteiger partial charge in [0.25, 0.3) is 0 Å². The largest absolute Gasteiger partial charge is 0.313 e. The van der Waals surface area contributed by atoms with Crippen molar-refractivity contribution < 1.29 is 0 Å². The van der Waals surface area contributed by atoms with Crippen molar-refractivity contribution in [3.63, 3.8) is 0 Å². The lowest BCUT2D eigenvalue weighted by Gasteiger charge is -2.14. The summed E-state index contributed by atoms with van der Waals surface area (Å²) >= 11 is 1.85. The molecule has 1 saturated heterocycles. The second-order valence-corrected chi connectivity index (χ2v) is 3.64. The molecule has 0 spiro atoms. The normalized spacial score (nSPS) is 30.0. The third-order valence-corrected chi connectivity index (χ3v) is 2.81. The van der Waals surface area contributed by atoms with Crippen LogP contribution in [0.2, 0.25) is 0 Å². The fourth-order valence-electron chi connectivity index (χ4n) is 1.17. The first-order valence-corrected chi connectivity index (χ1v) is 5.03. The van der Waals surface area contributed by atoms with E-state index < -0.39 is 0 Å². The van der Waals surface area contributed by atoms with Crippen LogP contribution in [0, 0.1) is 0 Å². The first-order chi connectivity index (χ1) is 4.83. The van der Waals surface area contributed by atoms with E-state index in [-0.39, 0.29) is 0 Å². The minimum Gasteiger partial charge on any atom is -0.313 e. The second kappa shape index (κ2) is 4.21. The third kappa shape index (κ3) is 2.48. The van der Waals surface area contributed by atoms with E-state index in [1.54, 1.807) is 0 Å². The Morgan fingerprint density at radius 3 is 3.00 bits per heavy atom. The maximum atomic E-state index is 3.45. The average Bonchev–Trinajstić information content (AvgIpc) is 2.14. The molecule has 10 heavy (non-hydrogen) atoms. The first-order valence-electron chi connectivity index (χ1n) is 3.85. The smallest absolute Gasteiger partial charge is 0.0215 e. The maximum Gasteiger partial charge on any atom is 0.0215 e. The predicted molar refractivity (Wildman–Crippen MR) is 47.2 cm³/mol. The molecule has 1 heterocycles. The van der Waals surface area contributed by atoms with Gasteiger partial charge < -0.3 is 5.32 Å². The number of rotatable bonds is 1. The molecule has 1 rings (SSSR count). The highest BCUT2D eigenvalue weighted by Crippen LogP contribution is 2.08. The van der Waals surface area contributed by atoms with E-state index in [0.717, 1.165) is 6.54 Å². The summed E-state index contributed by atoms with van der Waals surface area (Å²) in [4.78, 5) is 0. The fourth-order valence-corrected chi connectivity index (χ4v) is 1.73. The molecule has 3 heteroatoms. The Labute approximate surface area is 67.5 Å². The molecule has 0 aromatic rings. The summed E-state index contributed by atoms with van der Waals surface area (Å²) in [6, 6.07) is 0.706. The molecule has 2 nitrogen and oxygen atoms in total. The second-order valence-electron chi connectivity index (χ2n) is 2.76. The molecule has 0 unspecified atom stereocenters. The quantitative estimate of drug-likeness (QED) is 0.575. The van der Waals surface area contributed by atoms with Crippen LogP contribution in [0.3, 0.4) is 0 Å². The summed E-state index contributed by atoms with van der Waals surface area (Å²) in [6.45, 7) is 5.81. The molecule has 0 aromatic heterocycles. The standard InChI is InChI=1S/C7H16N2S/c1-7-3-5-9(10-2)6-4-8-7/h7-8H,3-6H2,1-2H3/t7-/m0/s1. The van der Waals surface area contributed by atoms with E-state index in [9.17, 15) is 0 Å². The summed E-state index contributed by atoms with van der Waals surface area (Å²) in [5, 5.41) is 3.45. The van der Waals surface area contributed by atoms with Gasteiger partial charge in [-0.05, 0) is 19.6 Å². The molecule has 0 bridgehead atoms. The Hall–Kier alpha value is 0.270. The lowest BCUT2D eigenvalue weighted by Crippen LogP contribution is -2.26. The van der Waals surface area contributed by atoms with E-state index in [0.29, 0.717) is 6.04 Å². The van der Waals surface area contributed by atoms with Crippen molar-refractivity contribution in [3.05, 3.63) is 0 Å². The van der Waals surface area contributed by atoms with Crippen LogP contribution in [0.15, 0.2) is 0 Å². The van der Waals surface area contributed by atoms with Crippen molar-refractivity contribution in [1.29, 1.82) is 0 Å². The lowest BCUT2D eigenvalue weighted by molar-refractivity contribution is 0.496. The highest BCUT2D eigenvalue weighted by atomic mass is 32.2. The van der Waals surface area contributed by atoms with E-state index in [2.05, 4.69) is 22.8 Å². The van der Waals surface area contributed by atoms with Crippen LogP contribution in [0.1, 0.15) is 13.3 Å². The highest BCUT2D eigenvalue weighted by molar-refractivity contribution is 7.96. The third-order valence-electron chi connectivity index (χ3n) is 1.92. The molecule has 1 aliphatic heterocycles. The predicted octanol–water partition coefficient (Wildman–Crippen LogP) is 0.948. The number of nitrogens with zero attached hydrogens (tertiary/aromatic N) is 1. The minimum absolute atomic E-state index is 0.706. The van der Waals surface area contributed by atoms with Gasteiger partial charge in [-0.3, -0.25) is 0 Å². The maximum absolute atomic E-state index is 3.45. The van der Waals surface area contributed by atoms with E-state index in [4.69, 9.17) is 0 Å². The molecule has 0 radical (unpaired) electrons. The van der Waals surface area contributed by atoms with Gasteiger partial charge in [-0.15, -0.1) is 0 Å². The molecular formula is C7H16N2S. The summed E-state index contributed by atoms with van der Waals surface area (Å²) in [7, 11) is 0. The van der Waals surface area contributed by atoms with Crippen LogP contribution in [0.5, 0.6) is 0 Å². The van der Waals surface area contributed by atoms with Gasteiger partial charge in [0, 0.05) is 25.7 Å². The zero-order chi connectivity index (χ0) is 7.40. The summed E-state index contributed by atoms with van der Waals surface area (Å²) in [5.41, 5.74) is 0. The zero-order valence-electron chi connectivity index (χ0n) is 6.76. The Balaban J connectivity index is 2.26. The van der Waals surface area contributed by atoms with Crippen molar-refractivity contribution in [3.8, 4) is 0 Å². The van der Waals surface area contributed by atoms with Gasteiger partial charge in [0.15, 0.2) is 0 Å². The lowest BCUT2D eigenvalue weighted by atomic mass is 10.2. The van der Waals surface area contributed by atoms with Crippen molar-refractivity contribution >= 4 is 11.9 Å². The van der Waals surface area contributed by atoms with E-state index in [1.165, 1.54) is 19.5 Å². The Morgan fingerprint density at radius 1 is 1.50 bits per heavy atom. The van der Waals surface area contributed by atoms with Crippen LogP contribution in [-0.2, 0) is 0 Å². The Morgan fingerprint density at radius 2 is 2.30 bits per heavy atom. The summed E-state index contributed by atoms with van der Waals surface area (Å²) < 4.78 is 2.41. The number of hydrogen-bond donors (Lipinski definition) is 1. The SMILES string of the molecule is CSN1CCN[C@@H](C)CC1. The first kappa shape index (κ1) is 8.37. The summed E-state index contributed by atoms with van der Waals surface area (Å²) in [5.74, 6) is 0.